The van der Waals surface area contributed by atoms with E-state index in [1.165, 1.54) is 10.4 Å². The predicted molar refractivity (Wildman–Crippen MR) is 78.2 cm³/mol. The minimum atomic E-state index is 0.577. The molecule has 0 atom stereocenters. The summed E-state index contributed by atoms with van der Waals surface area (Å²) in [7, 11) is 0. The Bertz CT molecular complexity index is 595. The smallest absolute Gasteiger partial charge is 0.163 e. The Morgan fingerprint density at radius 3 is 2.68 bits per heavy atom. The summed E-state index contributed by atoms with van der Waals surface area (Å²) in [5.74, 6) is 1.48. The number of nitrogen functional groups attached to an aromatic ring is 1. The molecule has 1 aromatic heterocycles. The number of aryl methyl sites for hydroxylation is 1. The van der Waals surface area contributed by atoms with E-state index in [9.17, 15) is 0 Å². The second-order valence-corrected chi connectivity index (χ2v) is 5.46. The standard InChI is InChI=1S/C14H16N2O2S/c1-9-2-5-19-14(9)8-16-11-7-13-12(6-10(11)15)17-3-4-18-13/h2,5-7,16H,3-4,8,15H2,1H3. The molecule has 1 aliphatic heterocycles. The molecule has 0 spiro atoms. The van der Waals surface area contributed by atoms with E-state index < -0.39 is 0 Å². The fourth-order valence-corrected chi connectivity index (χ4v) is 2.86. The first-order chi connectivity index (χ1) is 9.24. The molecule has 0 aliphatic carbocycles. The van der Waals surface area contributed by atoms with Gasteiger partial charge in [-0.3, -0.25) is 0 Å². The minimum Gasteiger partial charge on any atom is -0.486 e. The molecule has 0 amide bonds. The molecule has 2 heterocycles. The minimum absolute atomic E-state index is 0.577. The Kier molecular flexibility index (Phi) is 3.21. The lowest BCUT2D eigenvalue weighted by Gasteiger charge is -2.20. The van der Waals surface area contributed by atoms with Crippen LogP contribution in [0.15, 0.2) is 23.6 Å². The molecule has 0 saturated carbocycles. The van der Waals surface area contributed by atoms with E-state index >= 15 is 0 Å². The van der Waals surface area contributed by atoms with Gasteiger partial charge >= 0.3 is 0 Å². The van der Waals surface area contributed by atoms with Crippen LogP contribution in [-0.2, 0) is 6.54 Å². The van der Waals surface area contributed by atoms with Crippen LogP contribution in [-0.4, -0.2) is 13.2 Å². The molecular formula is C14H16N2O2S. The molecule has 5 heteroatoms. The van der Waals surface area contributed by atoms with Gasteiger partial charge in [0.25, 0.3) is 0 Å². The van der Waals surface area contributed by atoms with Crippen molar-refractivity contribution in [2.24, 2.45) is 0 Å². The van der Waals surface area contributed by atoms with Crippen molar-refractivity contribution in [2.45, 2.75) is 13.5 Å². The molecule has 0 bridgehead atoms. The number of ether oxygens (including phenoxy) is 2. The number of thiophene rings is 1. The van der Waals surface area contributed by atoms with Crippen LogP contribution in [0.3, 0.4) is 0 Å². The molecule has 1 aliphatic rings. The largest absolute Gasteiger partial charge is 0.486 e. The maximum Gasteiger partial charge on any atom is 0.163 e. The quantitative estimate of drug-likeness (QED) is 0.846. The third-order valence-electron chi connectivity index (χ3n) is 3.12. The number of hydrogen-bond acceptors (Lipinski definition) is 5. The summed E-state index contributed by atoms with van der Waals surface area (Å²) in [6, 6.07) is 5.85. The van der Waals surface area contributed by atoms with Crippen molar-refractivity contribution in [3.05, 3.63) is 34.0 Å². The Balaban J connectivity index is 1.79. The highest BCUT2D eigenvalue weighted by atomic mass is 32.1. The van der Waals surface area contributed by atoms with E-state index in [4.69, 9.17) is 15.2 Å². The van der Waals surface area contributed by atoms with Crippen LogP contribution < -0.4 is 20.5 Å². The molecule has 0 radical (unpaired) electrons. The van der Waals surface area contributed by atoms with Crippen LogP contribution in [0.4, 0.5) is 11.4 Å². The van der Waals surface area contributed by atoms with Crippen molar-refractivity contribution in [3.8, 4) is 11.5 Å². The van der Waals surface area contributed by atoms with Gasteiger partial charge in [-0.05, 0) is 23.9 Å². The molecule has 0 unspecified atom stereocenters. The van der Waals surface area contributed by atoms with Crippen LogP contribution >= 0.6 is 11.3 Å². The van der Waals surface area contributed by atoms with E-state index in [1.807, 2.05) is 12.1 Å². The van der Waals surface area contributed by atoms with Crippen molar-refractivity contribution in [1.29, 1.82) is 0 Å². The molecule has 0 fully saturated rings. The average Bonchev–Trinajstić information content (AvgIpc) is 2.82. The first kappa shape index (κ1) is 12.2. The lowest BCUT2D eigenvalue weighted by atomic mass is 10.2. The molecule has 3 N–H and O–H groups in total. The van der Waals surface area contributed by atoms with E-state index in [2.05, 4.69) is 23.7 Å². The average molecular weight is 276 g/mol. The van der Waals surface area contributed by atoms with Gasteiger partial charge in [-0.25, -0.2) is 0 Å². The molecule has 3 rings (SSSR count). The topological polar surface area (TPSA) is 56.5 Å². The SMILES string of the molecule is Cc1ccsc1CNc1cc2c(cc1N)OCCO2. The van der Waals surface area contributed by atoms with Gasteiger partial charge < -0.3 is 20.5 Å². The third-order valence-corrected chi connectivity index (χ3v) is 4.14. The lowest BCUT2D eigenvalue weighted by molar-refractivity contribution is 0.172. The lowest BCUT2D eigenvalue weighted by Crippen LogP contribution is -2.16. The molecular weight excluding hydrogens is 260 g/mol. The third kappa shape index (κ3) is 2.46. The van der Waals surface area contributed by atoms with Gasteiger partial charge in [0.2, 0.25) is 0 Å². The first-order valence-corrected chi connectivity index (χ1v) is 7.08. The normalized spacial score (nSPS) is 13.3. The molecule has 19 heavy (non-hydrogen) atoms. The number of benzene rings is 1. The summed E-state index contributed by atoms with van der Waals surface area (Å²) in [5, 5.41) is 5.45. The maximum atomic E-state index is 6.03. The molecule has 0 saturated heterocycles. The maximum absolute atomic E-state index is 6.03. The van der Waals surface area contributed by atoms with Gasteiger partial charge in [-0.1, -0.05) is 0 Å². The van der Waals surface area contributed by atoms with Crippen molar-refractivity contribution in [3.63, 3.8) is 0 Å². The van der Waals surface area contributed by atoms with Crippen LogP contribution in [0.5, 0.6) is 11.5 Å². The molecule has 1 aromatic carbocycles. The van der Waals surface area contributed by atoms with Gasteiger partial charge in [0, 0.05) is 23.6 Å². The van der Waals surface area contributed by atoms with E-state index in [-0.39, 0.29) is 0 Å². The number of rotatable bonds is 3. The van der Waals surface area contributed by atoms with Crippen LogP contribution in [0.25, 0.3) is 0 Å². The predicted octanol–water partition coefficient (Wildman–Crippen LogP) is 3.02. The number of hydrogen-bond donors (Lipinski definition) is 2. The fourth-order valence-electron chi connectivity index (χ4n) is 2.02. The second-order valence-electron chi connectivity index (χ2n) is 4.46. The van der Waals surface area contributed by atoms with Crippen LogP contribution in [0.1, 0.15) is 10.4 Å². The summed E-state index contributed by atoms with van der Waals surface area (Å²) in [6.45, 7) is 4.04. The summed E-state index contributed by atoms with van der Waals surface area (Å²) in [5.41, 5.74) is 8.89. The number of nitrogens with one attached hydrogen (secondary N) is 1. The Morgan fingerprint density at radius 1 is 1.26 bits per heavy atom. The summed E-state index contributed by atoms with van der Waals surface area (Å²) in [4.78, 5) is 1.31. The van der Waals surface area contributed by atoms with Crippen molar-refractivity contribution in [1.82, 2.24) is 0 Å². The van der Waals surface area contributed by atoms with Gasteiger partial charge in [0.05, 0.1) is 11.4 Å². The second kappa shape index (κ2) is 5.01. The highest BCUT2D eigenvalue weighted by Gasteiger charge is 2.14. The molecule has 2 aromatic rings. The fraction of sp³-hybridized carbons (Fsp3) is 0.286. The van der Waals surface area contributed by atoms with Gasteiger partial charge in [-0.2, -0.15) is 0 Å². The highest BCUT2D eigenvalue weighted by molar-refractivity contribution is 7.10. The Morgan fingerprint density at radius 2 is 2.00 bits per heavy atom. The molecule has 4 nitrogen and oxygen atoms in total. The van der Waals surface area contributed by atoms with E-state index in [0.717, 1.165) is 23.7 Å². The zero-order valence-electron chi connectivity index (χ0n) is 10.7. The Labute approximate surface area is 116 Å². The molecule has 100 valence electrons. The number of anilines is 2. The number of fused-ring (bicyclic) bond motifs is 1. The van der Waals surface area contributed by atoms with Gasteiger partial charge in [-0.15, -0.1) is 11.3 Å². The van der Waals surface area contributed by atoms with E-state index in [0.29, 0.717) is 18.9 Å². The monoisotopic (exact) mass is 276 g/mol. The number of nitrogens with two attached hydrogens (primary N) is 1. The van der Waals surface area contributed by atoms with Crippen molar-refractivity contribution < 1.29 is 9.47 Å². The van der Waals surface area contributed by atoms with Crippen molar-refractivity contribution >= 4 is 22.7 Å². The first-order valence-electron chi connectivity index (χ1n) is 6.20. The summed E-state index contributed by atoms with van der Waals surface area (Å²) in [6.07, 6.45) is 0. The van der Waals surface area contributed by atoms with E-state index in [1.54, 1.807) is 11.3 Å². The van der Waals surface area contributed by atoms with Crippen LogP contribution in [0, 0.1) is 6.92 Å². The summed E-state index contributed by atoms with van der Waals surface area (Å²) < 4.78 is 11.1. The Hall–Kier alpha value is -1.88. The summed E-state index contributed by atoms with van der Waals surface area (Å²) >= 11 is 1.74. The zero-order valence-corrected chi connectivity index (χ0v) is 11.5. The van der Waals surface area contributed by atoms with Crippen LogP contribution in [0.2, 0.25) is 0 Å². The zero-order chi connectivity index (χ0) is 13.2. The van der Waals surface area contributed by atoms with Crippen molar-refractivity contribution in [2.75, 3.05) is 24.3 Å². The van der Waals surface area contributed by atoms with Gasteiger partial charge in [0.15, 0.2) is 11.5 Å². The van der Waals surface area contributed by atoms with Gasteiger partial charge in [0.1, 0.15) is 13.2 Å². The highest BCUT2D eigenvalue weighted by Crippen LogP contribution is 2.37.